The SMILES string of the molecule is CCc1ccc2c(COC(=O)C34CCC(=O)N3c3ccccc3C(=O)N4C)cc(=O)oc2c1. The fourth-order valence-corrected chi connectivity index (χ4v) is 4.76. The van der Waals surface area contributed by atoms with Crippen molar-refractivity contribution in [2.24, 2.45) is 0 Å². The van der Waals surface area contributed by atoms with Crippen LogP contribution in [0.15, 0.2) is 57.7 Å². The predicted molar refractivity (Wildman–Crippen MR) is 120 cm³/mol. The van der Waals surface area contributed by atoms with Crippen molar-refractivity contribution in [3.63, 3.8) is 0 Å². The van der Waals surface area contributed by atoms with E-state index in [4.69, 9.17) is 9.15 Å². The summed E-state index contributed by atoms with van der Waals surface area (Å²) >= 11 is 0. The van der Waals surface area contributed by atoms with Crippen LogP contribution < -0.4 is 10.5 Å². The number of fused-ring (bicyclic) bond motifs is 4. The van der Waals surface area contributed by atoms with Crippen molar-refractivity contribution in [2.45, 2.75) is 38.5 Å². The van der Waals surface area contributed by atoms with Crippen molar-refractivity contribution in [3.8, 4) is 0 Å². The van der Waals surface area contributed by atoms with Gasteiger partial charge in [0.15, 0.2) is 0 Å². The smallest absolute Gasteiger partial charge is 0.354 e. The zero-order valence-corrected chi connectivity index (χ0v) is 18.3. The van der Waals surface area contributed by atoms with E-state index in [2.05, 4.69) is 0 Å². The van der Waals surface area contributed by atoms with Crippen molar-refractivity contribution < 1.29 is 23.5 Å². The minimum atomic E-state index is -1.56. The number of rotatable bonds is 4. The Balaban J connectivity index is 1.51. The summed E-state index contributed by atoms with van der Waals surface area (Å²) in [5.41, 5.74) is 0.580. The Hall–Kier alpha value is -3.94. The molecule has 168 valence electrons. The van der Waals surface area contributed by atoms with Crippen LogP contribution in [0, 0.1) is 0 Å². The van der Waals surface area contributed by atoms with Gasteiger partial charge >= 0.3 is 11.6 Å². The summed E-state index contributed by atoms with van der Waals surface area (Å²) in [4.78, 5) is 54.1. The maximum atomic E-state index is 13.5. The fraction of sp³-hybridized carbons (Fsp3) is 0.280. The van der Waals surface area contributed by atoms with Crippen molar-refractivity contribution in [3.05, 3.63) is 75.6 Å². The number of para-hydroxylation sites is 1. The van der Waals surface area contributed by atoms with Gasteiger partial charge < -0.3 is 14.1 Å². The molecule has 8 heteroatoms. The summed E-state index contributed by atoms with van der Waals surface area (Å²) < 4.78 is 11.0. The van der Waals surface area contributed by atoms with Gasteiger partial charge in [-0.05, 0) is 30.2 Å². The first-order valence-electron chi connectivity index (χ1n) is 10.8. The lowest BCUT2D eigenvalue weighted by atomic mass is 9.97. The van der Waals surface area contributed by atoms with Crippen LogP contribution in [0.2, 0.25) is 0 Å². The van der Waals surface area contributed by atoms with E-state index < -0.39 is 17.3 Å². The second-order valence-corrected chi connectivity index (χ2v) is 8.28. The lowest BCUT2D eigenvalue weighted by molar-refractivity contribution is -0.157. The Morgan fingerprint density at radius 2 is 1.91 bits per heavy atom. The van der Waals surface area contributed by atoms with E-state index in [1.165, 1.54) is 22.9 Å². The van der Waals surface area contributed by atoms with Crippen molar-refractivity contribution >= 4 is 34.4 Å². The molecular weight excluding hydrogens is 424 g/mol. The number of benzene rings is 2. The van der Waals surface area contributed by atoms with Gasteiger partial charge in [0.05, 0.1) is 11.3 Å². The van der Waals surface area contributed by atoms with E-state index in [9.17, 15) is 19.2 Å². The Morgan fingerprint density at radius 1 is 1.12 bits per heavy atom. The maximum absolute atomic E-state index is 13.5. The summed E-state index contributed by atoms with van der Waals surface area (Å²) in [7, 11) is 1.50. The average Bonchev–Trinajstić information content (AvgIpc) is 3.18. The van der Waals surface area contributed by atoms with Crippen LogP contribution in [0.4, 0.5) is 5.69 Å². The van der Waals surface area contributed by atoms with E-state index in [0.29, 0.717) is 27.8 Å². The fourth-order valence-electron chi connectivity index (χ4n) is 4.76. The van der Waals surface area contributed by atoms with Crippen molar-refractivity contribution in [2.75, 3.05) is 11.9 Å². The van der Waals surface area contributed by atoms with E-state index in [-0.39, 0.29) is 31.3 Å². The third-order valence-electron chi connectivity index (χ3n) is 6.53. The van der Waals surface area contributed by atoms with Gasteiger partial charge in [-0.2, -0.15) is 0 Å². The molecule has 0 aliphatic carbocycles. The molecule has 1 aromatic heterocycles. The maximum Gasteiger partial charge on any atom is 0.354 e. The lowest BCUT2D eigenvalue weighted by Crippen LogP contribution is -2.67. The normalized spacial score (nSPS) is 19.6. The number of amides is 2. The molecule has 3 heterocycles. The van der Waals surface area contributed by atoms with Crippen LogP contribution in [-0.4, -0.2) is 35.4 Å². The van der Waals surface area contributed by atoms with Gasteiger partial charge in [0, 0.05) is 36.9 Å². The molecule has 2 amide bonds. The molecule has 2 aromatic carbocycles. The second-order valence-electron chi connectivity index (χ2n) is 8.28. The number of ether oxygens (including phenoxy) is 1. The minimum Gasteiger partial charge on any atom is -0.458 e. The highest BCUT2D eigenvalue weighted by Crippen LogP contribution is 2.44. The first kappa shape index (κ1) is 20.9. The van der Waals surface area contributed by atoms with Gasteiger partial charge in [-0.25, -0.2) is 9.59 Å². The molecule has 1 atom stereocenters. The summed E-state index contributed by atoms with van der Waals surface area (Å²) in [6.45, 7) is 1.80. The summed E-state index contributed by atoms with van der Waals surface area (Å²) in [5, 5.41) is 0.662. The Labute approximate surface area is 189 Å². The number of esters is 1. The standard InChI is InChI=1S/C25H22N2O6/c1-3-15-8-9-17-16(13-22(29)33-20(17)12-15)14-32-24(31)25-11-10-21(28)27(25)19-7-5-4-6-18(19)23(30)26(25)2/h4-9,12-13H,3,10-11,14H2,1-2H3. The van der Waals surface area contributed by atoms with Crippen LogP contribution in [0.25, 0.3) is 11.0 Å². The van der Waals surface area contributed by atoms with E-state index in [0.717, 1.165) is 12.0 Å². The number of hydrogen-bond donors (Lipinski definition) is 0. The summed E-state index contributed by atoms with van der Waals surface area (Å²) in [6.07, 6.45) is 1.02. The van der Waals surface area contributed by atoms with Crippen molar-refractivity contribution in [1.82, 2.24) is 4.90 Å². The average molecular weight is 446 g/mol. The van der Waals surface area contributed by atoms with Crippen LogP contribution in [0.1, 0.15) is 41.3 Å². The number of carbonyl (C=O) groups is 3. The van der Waals surface area contributed by atoms with Gasteiger partial charge in [-0.15, -0.1) is 0 Å². The third kappa shape index (κ3) is 3.05. The number of anilines is 1. The zero-order valence-electron chi connectivity index (χ0n) is 18.3. The molecule has 33 heavy (non-hydrogen) atoms. The van der Waals surface area contributed by atoms with Crippen LogP contribution in [0.3, 0.4) is 0 Å². The van der Waals surface area contributed by atoms with Gasteiger partial charge in [-0.3, -0.25) is 14.5 Å². The molecule has 1 fully saturated rings. The lowest BCUT2D eigenvalue weighted by Gasteiger charge is -2.46. The number of aryl methyl sites for hydroxylation is 1. The van der Waals surface area contributed by atoms with Crippen molar-refractivity contribution in [1.29, 1.82) is 0 Å². The molecule has 0 radical (unpaired) electrons. The molecular formula is C25H22N2O6. The highest BCUT2D eigenvalue weighted by atomic mass is 16.5. The van der Waals surface area contributed by atoms with Gasteiger partial charge in [0.2, 0.25) is 11.6 Å². The number of carbonyl (C=O) groups excluding carboxylic acids is 3. The highest BCUT2D eigenvalue weighted by Gasteiger charge is 2.60. The Morgan fingerprint density at radius 3 is 2.70 bits per heavy atom. The molecule has 2 aliphatic rings. The molecule has 0 spiro atoms. The molecule has 3 aromatic rings. The third-order valence-corrected chi connectivity index (χ3v) is 6.53. The number of nitrogens with zero attached hydrogens (tertiary/aromatic N) is 2. The van der Waals surface area contributed by atoms with Gasteiger partial charge in [-0.1, -0.05) is 31.2 Å². The minimum absolute atomic E-state index is 0.110. The Bertz CT molecular complexity index is 1380. The largest absolute Gasteiger partial charge is 0.458 e. The number of likely N-dealkylation sites (N-methyl/N-ethyl adjacent to an activating group) is 1. The van der Waals surface area contributed by atoms with E-state index >= 15 is 0 Å². The molecule has 0 N–H and O–H groups in total. The van der Waals surface area contributed by atoms with Crippen LogP contribution in [0.5, 0.6) is 0 Å². The predicted octanol–water partition coefficient (Wildman–Crippen LogP) is 3.01. The quantitative estimate of drug-likeness (QED) is 0.452. The molecule has 0 bridgehead atoms. The molecule has 0 saturated carbocycles. The molecule has 1 saturated heterocycles. The first-order chi connectivity index (χ1) is 15.9. The molecule has 1 unspecified atom stereocenters. The van der Waals surface area contributed by atoms with Crippen LogP contribution in [-0.2, 0) is 27.4 Å². The first-order valence-corrected chi connectivity index (χ1v) is 10.8. The van der Waals surface area contributed by atoms with Crippen LogP contribution >= 0.6 is 0 Å². The Kier molecular flexibility index (Phi) is 4.81. The summed E-state index contributed by atoms with van der Waals surface area (Å²) in [6, 6.07) is 13.6. The van der Waals surface area contributed by atoms with Gasteiger partial charge in [0.1, 0.15) is 12.2 Å². The van der Waals surface area contributed by atoms with Gasteiger partial charge in [0.25, 0.3) is 5.91 Å². The number of hydrogen-bond acceptors (Lipinski definition) is 6. The highest BCUT2D eigenvalue weighted by molar-refractivity contribution is 6.15. The molecule has 2 aliphatic heterocycles. The zero-order chi connectivity index (χ0) is 23.3. The second kappa shape index (κ2) is 7.58. The topological polar surface area (TPSA) is 97.1 Å². The monoisotopic (exact) mass is 446 g/mol. The summed E-state index contributed by atoms with van der Waals surface area (Å²) in [5.74, 6) is -1.33. The molecule has 8 nitrogen and oxygen atoms in total. The van der Waals surface area contributed by atoms with E-state index in [1.54, 1.807) is 30.3 Å². The van der Waals surface area contributed by atoms with E-state index in [1.807, 2.05) is 19.1 Å². The molecule has 5 rings (SSSR count).